The van der Waals surface area contributed by atoms with Gasteiger partial charge in [-0.05, 0) is 43.6 Å². The third kappa shape index (κ3) is 3.59. The minimum atomic E-state index is 0.223. The average molecular weight is 245 g/mol. The highest BCUT2D eigenvalue weighted by Crippen LogP contribution is 2.32. The second kappa shape index (κ2) is 6.58. The van der Waals surface area contributed by atoms with Crippen molar-refractivity contribution in [3.8, 4) is 0 Å². The van der Waals surface area contributed by atoms with Gasteiger partial charge in [-0.1, -0.05) is 37.3 Å². The summed E-state index contributed by atoms with van der Waals surface area (Å²) in [4.78, 5) is 11.6. The van der Waals surface area contributed by atoms with Crippen molar-refractivity contribution in [3.63, 3.8) is 0 Å². The Morgan fingerprint density at radius 1 is 1.17 bits per heavy atom. The summed E-state index contributed by atoms with van der Waals surface area (Å²) in [6.07, 6.45) is 6.23. The molecule has 0 saturated heterocycles. The fraction of sp³-hybridized carbons (Fsp3) is 0.562. The molecule has 2 heteroatoms. The Hall–Kier alpha value is -1.31. The summed E-state index contributed by atoms with van der Waals surface area (Å²) in [6.45, 7) is 2.05. The average Bonchev–Trinajstić information content (AvgIpc) is 2.41. The van der Waals surface area contributed by atoms with E-state index in [-0.39, 0.29) is 5.91 Å². The van der Waals surface area contributed by atoms with E-state index in [0.29, 0.717) is 18.4 Å². The third-order valence-electron chi connectivity index (χ3n) is 3.84. The van der Waals surface area contributed by atoms with E-state index in [1.54, 1.807) is 0 Å². The first kappa shape index (κ1) is 13.1. The van der Waals surface area contributed by atoms with Crippen LogP contribution in [0.5, 0.6) is 0 Å². The molecule has 0 bridgehead atoms. The first-order valence-corrected chi connectivity index (χ1v) is 7.14. The zero-order chi connectivity index (χ0) is 12.8. The molecule has 98 valence electrons. The second-order valence-electron chi connectivity index (χ2n) is 5.28. The van der Waals surface area contributed by atoms with Crippen LogP contribution >= 0.6 is 0 Å². The fourth-order valence-corrected chi connectivity index (χ4v) is 2.82. The van der Waals surface area contributed by atoms with Crippen molar-refractivity contribution in [3.05, 3.63) is 35.9 Å². The van der Waals surface area contributed by atoms with E-state index >= 15 is 0 Å². The molecule has 1 fully saturated rings. The lowest BCUT2D eigenvalue weighted by Crippen LogP contribution is -2.37. The molecule has 1 amide bonds. The van der Waals surface area contributed by atoms with Gasteiger partial charge in [0.1, 0.15) is 0 Å². The number of hydrogen-bond donors (Lipinski definition) is 1. The Balaban J connectivity index is 1.80. The molecular weight excluding hydrogens is 222 g/mol. The number of hydrogen-bond acceptors (Lipinski definition) is 1. The summed E-state index contributed by atoms with van der Waals surface area (Å²) in [7, 11) is 0. The lowest BCUT2D eigenvalue weighted by Gasteiger charge is -2.29. The van der Waals surface area contributed by atoms with E-state index in [1.807, 2.05) is 6.92 Å². The third-order valence-corrected chi connectivity index (χ3v) is 3.84. The van der Waals surface area contributed by atoms with Gasteiger partial charge in [-0.3, -0.25) is 4.79 Å². The van der Waals surface area contributed by atoms with Crippen LogP contribution in [0.1, 0.15) is 56.9 Å². The smallest absolute Gasteiger partial charge is 0.220 e. The molecule has 0 spiro atoms. The van der Waals surface area contributed by atoms with Crippen molar-refractivity contribution in [2.45, 2.75) is 57.4 Å². The highest BCUT2D eigenvalue weighted by molar-refractivity contribution is 5.76. The van der Waals surface area contributed by atoms with Gasteiger partial charge in [0, 0.05) is 12.5 Å². The lowest BCUT2D eigenvalue weighted by atomic mass is 9.82. The number of rotatable bonds is 4. The van der Waals surface area contributed by atoms with Gasteiger partial charge in [0.25, 0.3) is 0 Å². The monoisotopic (exact) mass is 245 g/mol. The first-order valence-electron chi connectivity index (χ1n) is 7.14. The van der Waals surface area contributed by atoms with Crippen molar-refractivity contribution in [1.29, 1.82) is 0 Å². The van der Waals surface area contributed by atoms with Gasteiger partial charge in [0.05, 0.1) is 0 Å². The highest BCUT2D eigenvalue weighted by atomic mass is 16.1. The summed E-state index contributed by atoms with van der Waals surface area (Å²) in [5.41, 5.74) is 1.45. The number of carbonyl (C=O) groups is 1. The topological polar surface area (TPSA) is 29.1 Å². The van der Waals surface area contributed by atoms with Crippen LogP contribution < -0.4 is 5.32 Å². The molecule has 2 nitrogen and oxygen atoms in total. The molecule has 0 heterocycles. The van der Waals surface area contributed by atoms with Gasteiger partial charge in [0.15, 0.2) is 0 Å². The van der Waals surface area contributed by atoms with Gasteiger partial charge in [-0.15, -0.1) is 0 Å². The van der Waals surface area contributed by atoms with Crippen LogP contribution in [0.15, 0.2) is 30.3 Å². The number of carbonyl (C=O) groups excluding carboxylic acids is 1. The summed E-state index contributed by atoms with van der Waals surface area (Å²) in [6, 6.07) is 11.2. The molecule has 0 atom stereocenters. The number of nitrogens with one attached hydrogen (secondary N) is 1. The van der Waals surface area contributed by atoms with Crippen LogP contribution in [0.2, 0.25) is 0 Å². The summed E-state index contributed by atoms with van der Waals surface area (Å²) >= 11 is 0. The molecule has 1 saturated carbocycles. The standard InChI is InChI=1S/C16H23NO/c1-2-6-16(18)17-15-11-9-14(10-12-15)13-7-4-3-5-8-13/h3-5,7-8,14-15H,2,6,9-12H2,1H3,(H,17,18). The molecule has 18 heavy (non-hydrogen) atoms. The van der Waals surface area contributed by atoms with Gasteiger partial charge < -0.3 is 5.32 Å². The normalized spacial score (nSPS) is 23.6. The minimum Gasteiger partial charge on any atom is -0.353 e. The summed E-state index contributed by atoms with van der Waals surface area (Å²) in [5.74, 6) is 0.909. The maximum atomic E-state index is 11.6. The van der Waals surface area contributed by atoms with Gasteiger partial charge >= 0.3 is 0 Å². The highest BCUT2D eigenvalue weighted by Gasteiger charge is 2.22. The molecular formula is C16H23NO. The Kier molecular flexibility index (Phi) is 4.80. The molecule has 1 aromatic rings. The van der Waals surface area contributed by atoms with Crippen molar-refractivity contribution >= 4 is 5.91 Å². The molecule has 0 unspecified atom stereocenters. The summed E-state index contributed by atoms with van der Waals surface area (Å²) in [5, 5.41) is 3.15. The van der Waals surface area contributed by atoms with Crippen LogP contribution in [-0.4, -0.2) is 11.9 Å². The van der Waals surface area contributed by atoms with E-state index in [1.165, 1.54) is 18.4 Å². The predicted molar refractivity (Wildman–Crippen MR) is 74.5 cm³/mol. The van der Waals surface area contributed by atoms with E-state index in [9.17, 15) is 4.79 Å². The van der Waals surface area contributed by atoms with Crippen LogP contribution in [0.4, 0.5) is 0 Å². The molecule has 1 aromatic carbocycles. The predicted octanol–water partition coefficient (Wildman–Crippen LogP) is 3.63. The zero-order valence-corrected chi connectivity index (χ0v) is 11.2. The Morgan fingerprint density at radius 3 is 2.44 bits per heavy atom. The van der Waals surface area contributed by atoms with Crippen molar-refractivity contribution in [2.24, 2.45) is 0 Å². The van der Waals surface area contributed by atoms with E-state index in [0.717, 1.165) is 19.3 Å². The maximum Gasteiger partial charge on any atom is 0.220 e. The quantitative estimate of drug-likeness (QED) is 0.862. The lowest BCUT2D eigenvalue weighted by molar-refractivity contribution is -0.122. The number of benzene rings is 1. The fourth-order valence-electron chi connectivity index (χ4n) is 2.82. The van der Waals surface area contributed by atoms with Crippen LogP contribution in [0.25, 0.3) is 0 Å². The maximum absolute atomic E-state index is 11.6. The molecule has 1 aliphatic carbocycles. The van der Waals surface area contributed by atoms with E-state index < -0.39 is 0 Å². The van der Waals surface area contributed by atoms with Crippen molar-refractivity contribution in [2.75, 3.05) is 0 Å². The van der Waals surface area contributed by atoms with Gasteiger partial charge in [0.2, 0.25) is 5.91 Å². The Morgan fingerprint density at radius 2 is 1.83 bits per heavy atom. The first-order chi connectivity index (χ1) is 8.79. The van der Waals surface area contributed by atoms with Crippen LogP contribution in [-0.2, 0) is 4.79 Å². The SMILES string of the molecule is CCCC(=O)NC1CCC(c2ccccc2)CC1. The minimum absolute atomic E-state index is 0.223. The van der Waals surface area contributed by atoms with Crippen LogP contribution in [0.3, 0.4) is 0 Å². The van der Waals surface area contributed by atoms with Crippen LogP contribution in [0, 0.1) is 0 Å². The zero-order valence-electron chi connectivity index (χ0n) is 11.2. The van der Waals surface area contributed by atoms with Crippen molar-refractivity contribution < 1.29 is 4.79 Å². The molecule has 0 radical (unpaired) electrons. The van der Waals surface area contributed by atoms with E-state index in [4.69, 9.17) is 0 Å². The number of amides is 1. The summed E-state index contributed by atoms with van der Waals surface area (Å²) < 4.78 is 0. The largest absolute Gasteiger partial charge is 0.353 e. The molecule has 2 rings (SSSR count). The van der Waals surface area contributed by atoms with E-state index in [2.05, 4.69) is 35.6 Å². The van der Waals surface area contributed by atoms with Crippen molar-refractivity contribution in [1.82, 2.24) is 5.32 Å². The molecule has 0 aromatic heterocycles. The Labute approximate surface area is 110 Å². The molecule has 0 aliphatic heterocycles. The molecule has 1 N–H and O–H groups in total. The Bertz CT molecular complexity index is 366. The van der Waals surface area contributed by atoms with Gasteiger partial charge in [-0.25, -0.2) is 0 Å². The molecule has 1 aliphatic rings. The van der Waals surface area contributed by atoms with Gasteiger partial charge in [-0.2, -0.15) is 0 Å². The second-order valence-corrected chi connectivity index (χ2v) is 5.28.